The van der Waals surface area contributed by atoms with Crippen molar-refractivity contribution in [1.29, 1.82) is 0 Å². The molecule has 4 rings (SSSR count). The fourth-order valence-electron chi connectivity index (χ4n) is 5.13. The summed E-state index contributed by atoms with van der Waals surface area (Å²) in [6.07, 6.45) is 5.35. The van der Waals surface area contributed by atoms with Gasteiger partial charge in [0.25, 0.3) is 10.0 Å². The van der Waals surface area contributed by atoms with E-state index in [1.165, 1.54) is 29.2 Å². The van der Waals surface area contributed by atoms with Crippen LogP contribution in [0.25, 0.3) is 0 Å². The zero-order valence-electron chi connectivity index (χ0n) is 23.0. The van der Waals surface area contributed by atoms with Gasteiger partial charge in [-0.3, -0.25) is 13.9 Å². The van der Waals surface area contributed by atoms with Gasteiger partial charge in [0, 0.05) is 12.6 Å². The van der Waals surface area contributed by atoms with Gasteiger partial charge in [-0.05, 0) is 55.2 Å². The first-order valence-electron chi connectivity index (χ1n) is 13.9. The monoisotopic (exact) mass is 599 g/mol. The van der Waals surface area contributed by atoms with Crippen LogP contribution in [0.1, 0.15) is 51.0 Å². The molecule has 10 heteroatoms. The summed E-state index contributed by atoms with van der Waals surface area (Å²) in [6.45, 7) is 1.33. The van der Waals surface area contributed by atoms with Crippen LogP contribution in [0.15, 0.2) is 83.8 Å². The molecule has 3 aromatic rings. The quantitative estimate of drug-likeness (QED) is 0.296. The molecule has 0 aliphatic heterocycles. The molecule has 0 aromatic heterocycles. The second kappa shape index (κ2) is 14.0. The Bertz CT molecular complexity index is 1430. The Hall–Kier alpha value is -3.43. The van der Waals surface area contributed by atoms with E-state index in [9.17, 15) is 22.4 Å². The number of rotatable bonds is 11. The molecule has 1 unspecified atom stereocenters. The van der Waals surface area contributed by atoms with E-state index in [1.807, 2.05) is 37.3 Å². The van der Waals surface area contributed by atoms with Crippen molar-refractivity contribution in [3.05, 3.63) is 95.3 Å². The van der Waals surface area contributed by atoms with E-state index >= 15 is 0 Å². The van der Waals surface area contributed by atoms with E-state index < -0.39 is 34.3 Å². The predicted octanol–water partition coefficient (Wildman–Crippen LogP) is 5.93. The van der Waals surface area contributed by atoms with Gasteiger partial charge in [0.1, 0.15) is 18.4 Å². The lowest BCUT2D eigenvalue weighted by atomic mass is 9.95. The van der Waals surface area contributed by atoms with E-state index in [1.54, 1.807) is 18.2 Å². The molecule has 1 aliphatic rings. The molecule has 1 aliphatic carbocycles. The summed E-state index contributed by atoms with van der Waals surface area (Å²) in [5.74, 6) is -1.54. The van der Waals surface area contributed by atoms with E-state index in [0.29, 0.717) is 6.42 Å². The lowest BCUT2D eigenvalue weighted by molar-refractivity contribution is -0.140. The van der Waals surface area contributed by atoms with Crippen molar-refractivity contribution in [3.8, 4) is 0 Å². The van der Waals surface area contributed by atoms with Crippen LogP contribution in [0, 0.1) is 5.82 Å². The fourth-order valence-corrected chi connectivity index (χ4v) is 6.73. The number of anilines is 1. The number of halogens is 2. The van der Waals surface area contributed by atoms with Crippen molar-refractivity contribution in [1.82, 2.24) is 10.2 Å². The maximum atomic E-state index is 14.1. The topological polar surface area (TPSA) is 86.8 Å². The Balaban J connectivity index is 1.70. The van der Waals surface area contributed by atoms with Gasteiger partial charge < -0.3 is 10.2 Å². The third kappa shape index (κ3) is 7.65. The maximum absolute atomic E-state index is 14.1. The van der Waals surface area contributed by atoms with Crippen LogP contribution in [0.5, 0.6) is 0 Å². The van der Waals surface area contributed by atoms with Gasteiger partial charge in [0.05, 0.1) is 15.6 Å². The molecule has 7 nitrogen and oxygen atoms in total. The number of nitrogens with one attached hydrogen (secondary N) is 1. The van der Waals surface area contributed by atoms with Crippen LogP contribution in [-0.4, -0.2) is 43.8 Å². The SMILES string of the molecule is CCC(C(=O)NC1CCCCC1)N(Cc1ccccc1)C(=O)CN(c1ccc(F)c(Cl)c1)S(=O)(=O)c1ccccc1. The van der Waals surface area contributed by atoms with Gasteiger partial charge in [-0.15, -0.1) is 0 Å². The normalized spacial score (nSPS) is 14.7. The Morgan fingerprint density at radius 3 is 2.22 bits per heavy atom. The van der Waals surface area contributed by atoms with Gasteiger partial charge in [-0.2, -0.15) is 0 Å². The average Bonchev–Trinajstić information content (AvgIpc) is 2.98. The van der Waals surface area contributed by atoms with E-state index in [0.717, 1.165) is 48.0 Å². The number of nitrogens with zero attached hydrogens (tertiary/aromatic N) is 2. The van der Waals surface area contributed by atoms with Gasteiger partial charge in [-0.1, -0.05) is 86.3 Å². The van der Waals surface area contributed by atoms with Crippen molar-refractivity contribution in [2.24, 2.45) is 0 Å². The summed E-state index contributed by atoms with van der Waals surface area (Å²) in [6, 6.07) is 19.7. The van der Waals surface area contributed by atoms with E-state index in [2.05, 4.69) is 5.32 Å². The molecule has 0 heterocycles. The Morgan fingerprint density at radius 2 is 1.61 bits per heavy atom. The van der Waals surface area contributed by atoms with Gasteiger partial charge >= 0.3 is 0 Å². The van der Waals surface area contributed by atoms with Gasteiger partial charge in [-0.25, -0.2) is 12.8 Å². The van der Waals surface area contributed by atoms with Crippen molar-refractivity contribution in [3.63, 3.8) is 0 Å². The summed E-state index contributed by atoms with van der Waals surface area (Å²) in [5.41, 5.74) is 0.833. The molecule has 1 fully saturated rings. The first kappa shape index (κ1) is 30.5. The Labute approximate surface area is 246 Å². The number of benzene rings is 3. The van der Waals surface area contributed by atoms with Crippen molar-refractivity contribution >= 4 is 39.1 Å². The number of hydrogen-bond donors (Lipinski definition) is 1. The first-order valence-corrected chi connectivity index (χ1v) is 15.7. The molecule has 1 N–H and O–H groups in total. The second-order valence-corrected chi connectivity index (χ2v) is 12.5. The average molecular weight is 600 g/mol. The Kier molecular flexibility index (Phi) is 10.4. The minimum Gasteiger partial charge on any atom is -0.352 e. The summed E-state index contributed by atoms with van der Waals surface area (Å²) < 4.78 is 42.6. The second-order valence-electron chi connectivity index (χ2n) is 10.2. The van der Waals surface area contributed by atoms with Crippen molar-refractivity contribution in [2.45, 2.75) is 69.0 Å². The van der Waals surface area contributed by atoms with Gasteiger partial charge in [0.2, 0.25) is 11.8 Å². The molecule has 218 valence electrons. The van der Waals surface area contributed by atoms with Crippen LogP contribution in [-0.2, 0) is 26.2 Å². The number of hydrogen-bond acceptors (Lipinski definition) is 4. The third-order valence-corrected chi connectivity index (χ3v) is 9.41. The zero-order valence-corrected chi connectivity index (χ0v) is 24.6. The number of carbonyl (C=O) groups is 2. The highest BCUT2D eigenvalue weighted by Crippen LogP contribution is 2.28. The minimum absolute atomic E-state index is 0.0352. The summed E-state index contributed by atoms with van der Waals surface area (Å²) in [7, 11) is -4.26. The molecule has 0 spiro atoms. The van der Waals surface area contributed by atoms with Crippen LogP contribution >= 0.6 is 11.6 Å². The summed E-state index contributed by atoms with van der Waals surface area (Å²) >= 11 is 6.02. The highest BCUT2D eigenvalue weighted by Gasteiger charge is 2.34. The number of carbonyl (C=O) groups excluding carboxylic acids is 2. The summed E-state index contributed by atoms with van der Waals surface area (Å²) in [4.78, 5) is 29.0. The first-order chi connectivity index (χ1) is 19.7. The standard InChI is InChI=1S/C31H35ClFN3O4S/c1-2-29(31(38)34-24-14-8-4-9-15-24)35(21-23-12-6-3-7-13-23)30(37)22-36(25-18-19-28(33)27(32)20-25)41(39,40)26-16-10-5-11-17-26/h3,5-7,10-13,16-20,24,29H,2,4,8-9,14-15,21-22H2,1H3,(H,34,38). The summed E-state index contributed by atoms with van der Waals surface area (Å²) in [5, 5.41) is 2.85. The maximum Gasteiger partial charge on any atom is 0.264 e. The van der Waals surface area contributed by atoms with E-state index in [4.69, 9.17) is 11.6 Å². The van der Waals surface area contributed by atoms with Crippen molar-refractivity contribution in [2.75, 3.05) is 10.8 Å². The van der Waals surface area contributed by atoms with E-state index in [-0.39, 0.29) is 34.1 Å². The molecule has 2 amide bonds. The molecule has 0 radical (unpaired) electrons. The highest BCUT2D eigenvalue weighted by atomic mass is 35.5. The fraction of sp³-hybridized carbons (Fsp3) is 0.355. The molecule has 1 atom stereocenters. The number of sulfonamides is 1. The zero-order chi connectivity index (χ0) is 29.4. The third-order valence-electron chi connectivity index (χ3n) is 7.33. The largest absolute Gasteiger partial charge is 0.352 e. The minimum atomic E-state index is -4.26. The van der Waals surface area contributed by atoms with Crippen LogP contribution in [0.3, 0.4) is 0 Å². The predicted molar refractivity (Wildman–Crippen MR) is 158 cm³/mol. The lowest BCUT2D eigenvalue weighted by Crippen LogP contribution is -2.54. The molecule has 41 heavy (non-hydrogen) atoms. The molecule has 3 aromatic carbocycles. The van der Waals surface area contributed by atoms with Gasteiger partial charge in [0.15, 0.2) is 0 Å². The highest BCUT2D eigenvalue weighted by molar-refractivity contribution is 7.92. The van der Waals surface area contributed by atoms with Crippen LogP contribution in [0.4, 0.5) is 10.1 Å². The molecule has 1 saturated carbocycles. The molecule has 0 bridgehead atoms. The molecular formula is C31H35ClFN3O4S. The van der Waals surface area contributed by atoms with Crippen LogP contribution < -0.4 is 9.62 Å². The van der Waals surface area contributed by atoms with Crippen molar-refractivity contribution < 1.29 is 22.4 Å². The molecular weight excluding hydrogens is 565 g/mol. The molecule has 0 saturated heterocycles. The smallest absolute Gasteiger partial charge is 0.264 e. The van der Waals surface area contributed by atoms with Crippen LogP contribution in [0.2, 0.25) is 5.02 Å². The lowest BCUT2D eigenvalue weighted by Gasteiger charge is -2.34. The Morgan fingerprint density at radius 1 is 0.976 bits per heavy atom. The number of amides is 2.